The molecule has 1 unspecified atom stereocenters. The lowest BCUT2D eigenvalue weighted by atomic mass is 10.1. The molecule has 0 saturated carbocycles. The predicted molar refractivity (Wildman–Crippen MR) is 317 cm³/mol. The van der Waals surface area contributed by atoms with E-state index in [0.29, 0.717) is 0 Å². The molecule has 3 aromatic heterocycles. The van der Waals surface area contributed by atoms with E-state index in [1.807, 2.05) is 0 Å². The maximum absolute atomic E-state index is 6.78. The van der Waals surface area contributed by atoms with E-state index in [-0.39, 0.29) is 144 Å². The van der Waals surface area contributed by atoms with Crippen LogP contribution in [-0.4, -0.2) is 226 Å². The summed E-state index contributed by atoms with van der Waals surface area (Å²) < 4.78 is 141. The predicted octanol–water partition coefficient (Wildman–Crippen LogP) is 7.73. The Hall–Kier alpha value is -5.60. The average molecular weight is 1240 g/mol. The highest BCUT2D eigenvalue weighted by Gasteiger charge is 2.38. The lowest BCUT2D eigenvalue weighted by molar-refractivity contribution is -0.215. The highest BCUT2D eigenvalue weighted by atomic mass is 16.7. The number of methoxy groups -OCH3 is 15. The second-order valence-corrected chi connectivity index (χ2v) is 21.5. The van der Waals surface area contributed by atoms with E-state index >= 15 is 0 Å². The van der Waals surface area contributed by atoms with Crippen molar-refractivity contribution in [1.29, 1.82) is 0 Å². The summed E-state index contributed by atoms with van der Waals surface area (Å²) in [5.41, 5.74) is 0.399. The number of aromatic amines is 2. The van der Waals surface area contributed by atoms with Crippen LogP contribution >= 0.6 is 0 Å². The van der Waals surface area contributed by atoms with Gasteiger partial charge in [-0.05, 0) is 79.7 Å². The van der Waals surface area contributed by atoms with Crippen LogP contribution in [0, 0.1) is 6.92 Å². The van der Waals surface area contributed by atoms with Crippen molar-refractivity contribution < 1.29 is 109 Å². The molecule has 0 spiro atoms. The molecular weight excluding hydrogens is 1140 g/mol. The lowest BCUT2D eigenvalue weighted by Crippen LogP contribution is -2.37. The van der Waals surface area contributed by atoms with Crippen LogP contribution in [-0.2, 0) is 90.0 Å². The maximum Gasteiger partial charge on any atom is 0.199 e. The quantitative estimate of drug-likeness (QED) is 0.0517. The fraction of sp³-hybridized carbons (Fsp3) is 0.650. The van der Waals surface area contributed by atoms with E-state index in [2.05, 4.69) is 9.97 Å². The summed E-state index contributed by atoms with van der Waals surface area (Å²) in [7, 11) is 22.3. The van der Waals surface area contributed by atoms with Crippen molar-refractivity contribution in [2.24, 2.45) is 0 Å². The van der Waals surface area contributed by atoms with Crippen molar-refractivity contribution in [2.45, 2.75) is 102 Å². The van der Waals surface area contributed by atoms with E-state index in [4.69, 9.17) is 126 Å². The molecule has 2 N–H and O–H groups in total. The zero-order valence-corrected chi connectivity index (χ0v) is 54.8. The summed E-state index contributed by atoms with van der Waals surface area (Å²) in [5.74, 6) is -8.18. The Labute approximate surface area is 510 Å². The Bertz CT molecular complexity index is 2950. The van der Waals surface area contributed by atoms with Crippen molar-refractivity contribution in [3.8, 4) is 23.0 Å². The number of nitrogens with zero attached hydrogens (tertiary/aromatic N) is 2. The highest BCUT2D eigenvalue weighted by molar-refractivity contribution is 5.92. The monoisotopic (exact) mass is 1240 g/mol. The van der Waals surface area contributed by atoms with Crippen LogP contribution in [0.1, 0.15) is 78.2 Å². The fourth-order valence-corrected chi connectivity index (χ4v) is 7.52. The molecule has 490 valence electrons. The molecule has 5 rings (SSSR count). The Morgan fingerprint density at radius 1 is 0.276 bits per heavy atom. The Balaban J connectivity index is 2.20. The molecule has 2 aliphatic heterocycles. The van der Waals surface area contributed by atoms with Gasteiger partial charge in [-0.2, -0.15) is 0 Å². The van der Waals surface area contributed by atoms with Gasteiger partial charge in [-0.15, -0.1) is 0 Å². The smallest absolute Gasteiger partial charge is 0.199 e. The Morgan fingerprint density at radius 3 is 0.690 bits per heavy atom. The van der Waals surface area contributed by atoms with E-state index in [1.165, 1.54) is 107 Å². The van der Waals surface area contributed by atoms with Crippen molar-refractivity contribution in [3.05, 3.63) is 54.0 Å². The molecule has 8 bridgehead atoms. The van der Waals surface area contributed by atoms with Gasteiger partial charge >= 0.3 is 0 Å². The van der Waals surface area contributed by atoms with Crippen LogP contribution < -0.4 is 18.9 Å². The van der Waals surface area contributed by atoms with Gasteiger partial charge in [0.05, 0.1) is 22.1 Å². The first-order valence-electron chi connectivity index (χ1n) is 27.4. The summed E-state index contributed by atoms with van der Waals surface area (Å²) >= 11 is 0. The maximum atomic E-state index is 6.78. The molecule has 27 nitrogen and oxygen atoms in total. The summed E-state index contributed by atoms with van der Waals surface area (Å²) in [4.78, 5) is 17.5. The molecule has 0 amide bonds. The molecule has 87 heavy (non-hydrogen) atoms. The molecule has 1 atom stereocenters. The van der Waals surface area contributed by atoms with E-state index < -0.39 is 46.1 Å². The number of ether oxygens (including phenoxy) is 23. The first kappa shape index (κ1) is 72.1. The van der Waals surface area contributed by atoms with Crippen molar-refractivity contribution >= 4 is 45.1 Å². The number of nitrogens with one attached hydrogen (secondary N) is 2. The molecule has 0 aromatic carbocycles. The Morgan fingerprint density at radius 2 is 0.471 bits per heavy atom. The normalized spacial score (nSPS) is 14.0. The van der Waals surface area contributed by atoms with Gasteiger partial charge < -0.3 is 119 Å². The van der Waals surface area contributed by atoms with Gasteiger partial charge in [-0.25, -0.2) is 9.97 Å². The minimum Gasteiger partial charge on any atom is -0.484 e. The van der Waals surface area contributed by atoms with Crippen molar-refractivity contribution in [3.63, 3.8) is 0 Å². The van der Waals surface area contributed by atoms with Crippen LogP contribution in [0.15, 0.2) is 24.3 Å². The van der Waals surface area contributed by atoms with Gasteiger partial charge in [0.25, 0.3) is 0 Å². The minimum atomic E-state index is -1.33. The fourth-order valence-electron chi connectivity index (χ4n) is 7.52. The number of fused-ring (bicyclic) bond motifs is 8. The van der Waals surface area contributed by atoms with Gasteiger partial charge in [0, 0.05) is 114 Å². The molecule has 3 aromatic rings. The second-order valence-electron chi connectivity index (χ2n) is 21.5. The summed E-state index contributed by atoms with van der Waals surface area (Å²) in [6, 6.07) is 6.66. The molecular formula is C60H92N4O23. The SMILES string of the molecule is [CH]C(C)(COc1c(OCC(C)(OC)OC)c2cc3nc(cc4nc(cc5[nH]c(cc1[nH]2)c(OCC(C)(OC)OC)c5OCC(C)(OC)OC)C(OCC(C)(OC)OC)=C4OCC(C)(OC)OC)C(OCC(C)(OC)OC)=C3OCC(C)(OC)OC)OC. The van der Waals surface area contributed by atoms with Crippen LogP contribution in [0.25, 0.3) is 45.1 Å². The number of rotatable bonds is 39. The number of hydrogen-bond donors (Lipinski definition) is 2. The third kappa shape index (κ3) is 17.6. The summed E-state index contributed by atoms with van der Waals surface area (Å²) in [5, 5.41) is 0. The van der Waals surface area contributed by atoms with Gasteiger partial charge in [0.1, 0.15) is 81.2 Å². The third-order valence-corrected chi connectivity index (χ3v) is 15.2. The molecule has 0 aliphatic carbocycles. The topological polar surface area (TPSA) is 270 Å². The van der Waals surface area contributed by atoms with Crippen LogP contribution in [0.2, 0.25) is 0 Å². The second kappa shape index (κ2) is 30.3. The van der Waals surface area contributed by atoms with Crippen LogP contribution in [0.3, 0.4) is 0 Å². The van der Waals surface area contributed by atoms with Gasteiger partial charge in [-0.1, -0.05) is 0 Å². The molecule has 2 aliphatic rings. The van der Waals surface area contributed by atoms with Crippen LogP contribution in [0.4, 0.5) is 0 Å². The summed E-state index contributed by atoms with van der Waals surface area (Å²) in [6.45, 7) is 18.6. The molecule has 2 radical (unpaired) electrons. The molecule has 5 heterocycles. The zero-order valence-electron chi connectivity index (χ0n) is 54.8. The number of hydrogen-bond acceptors (Lipinski definition) is 25. The summed E-state index contributed by atoms with van der Waals surface area (Å²) in [6.07, 6.45) is 0. The standard InChI is InChI=1S/C60H92N4O23/c1-53(2,65-10)29-80-45-37-25-39-47(82-31-55(4,68-13)69-14)49(84-33-57(6,72-17)73-18)41(62-39)27-43-51(86-35-59(8,76-21)77-22)52(87-36-60(9,78-23)79-24)44(64-43)28-42-50(85-34-58(7,74-19)75-20)48(83-32-56(5,70-15)71-16)40(63-42)26-38(61-37)46(45)81-30-54(3,66-11)67-12/h1,25-28,61-62H,29-36H2,2-24H3. The number of H-pyrrole nitrogens is 2. The van der Waals surface area contributed by atoms with E-state index in [9.17, 15) is 0 Å². The zero-order chi connectivity index (χ0) is 64.8. The van der Waals surface area contributed by atoms with Gasteiger partial charge in [-0.3, -0.25) is 0 Å². The largest absolute Gasteiger partial charge is 0.484 e. The van der Waals surface area contributed by atoms with Gasteiger partial charge in [0.15, 0.2) is 86.5 Å². The minimum absolute atomic E-state index is 0.0829. The molecule has 27 heteroatoms. The first-order chi connectivity index (χ1) is 41.0. The van der Waals surface area contributed by atoms with Crippen molar-refractivity contribution in [2.75, 3.05) is 160 Å². The van der Waals surface area contributed by atoms with E-state index in [0.717, 1.165) is 0 Å². The Kier molecular flexibility index (Phi) is 25.1. The average Bonchev–Trinajstić information content (AvgIpc) is 1.80. The van der Waals surface area contributed by atoms with Crippen LogP contribution in [0.5, 0.6) is 23.0 Å². The molecule has 0 fully saturated rings. The lowest BCUT2D eigenvalue weighted by Gasteiger charge is -2.28. The highest BCUT2D eigenvalue weighted by Crippen LogP contribution is 2.45. The van der Waals surface area contributed by atoms with Gasteiger partial charge in [0.2, 0.25) is 0 Å². The number of aromatic nitrogens is 4. The first-order valence-corrected chi connectivity index (χ1v) is 27.4. The van der Waals surface area contributed by atoms with E-state index in [1.54, 1.807) is 79.7 Å². The van der Waals surface area contributed by atoms with Crippen molar-refractivity contribution in [1.82, 2.24) is 19.9 Å². The third-order valence-electron chi connectivity index (χ3n) is 15.2. The molecule has 0 saturated heterocycles.